The summed E-state index contributed by atoms with van der Waals surface area (Å²) < 4.78 is 26.9. The van der Waals surface area contributed by atoms with Gasteiger partial charge in [-0.3, -0.25) is 10.1 Å². The number of nitro groups is 1. The second-order valence-electron chi connectivity index (χ2n) is 5.32. The van der Waals surface area contributed by atoms with Crippen LogP contribution in [0.1, 0.15) is 13.8 Å². The van der Waals surface area contributed by atoms with Crippen LogP contribution in [0.2, 0.25) is 0 Å². The Morgan fingerprint density at radius 3 is 2.38 bits per heavy atom. The van der Waals surface area contributed by atoms with E-state index in [1.807, 2.05) is 32.8 Å². The maximum absolute atomic E-state index is 12.2. The Balaban J connectivity index is 3.01. The SMILES string of the molecule is CNc1sc(S(=O)(=O)NCC(C)(C)N(C)C)cc1[N+](=O)[O-]. The average molecular weight is 336 g/mol. The lowest BCUT2D eigenvalue weighted by Gasteiger charge is -2.32. The molecule has 10 heteroatoms. The van der Waals surface area contributed by atoms with E-state index in [0.717, 1.165) is 17.4 Å². The summed E-state index contributed by atoms with van der Waals surface area (Å²) in [6, 6.07) is 1.07. The van der Waals surface area contributed by atoms with Crippen LogP contribution in [0.25, 0.3) is 0 Å². The summed E-state index contributed by atoms with van der Waals surface area (Å²) in [4.78, 5) is 12.2. The second-order valence-corrected chi connectivity index (χ2v) is 8.36. The Bertz CT molecular complexity index is 622. The summed E-state index contributed by atoms with van der Waals surface area (Å²) >= 11 is 0.837. The van der Waals surface area contributed by atoms with Crippen molar-refractivity contribution < 1.29 is 13.3 Å². The Morgan fingerprint density at radius 2 is 2.00 bits per heavy atom. The first-order valence-corrected chi connectivity index (χ1v) is 8.44. The number of sulfonamides is 1. The summed E-state index contributed by atoms with van der Waals surface area (Å²) in [5, 5.41) is 13.7. The zero-order chi connectivity index (χ0) is 16.4. The molecule has 0 aliphatic carbocycles. The Labute approximate surface area is 128 Å². The van der Waals surface area contributed by atoms with Gasteiger partial charge in [0.2, 0.25) is 10.0 Å². The molecule has 2 N–H and O–H groups in total. The molecule has 8 nitrogen and oxygen atoms in total. The molecule has 0 amide bonds. The predicted molar refractivity (Wildman–Crippen MR) is 83.5 cm³/mol. The minimum atomic E-state index is -3.77. The lowest BCUT2D eigenvalue weighted by Crippen LogP contribution is -2.47. The minimum absolute atomic E-state index is 0.0758. The van der Waals surface area contributed by atoms with Gasteiger partial charge in [-0.1, -0.05) is 11.3 Å². The number of nitrogens with one attached hydrogen (secondary N) is 2. The second kappa shape index (κ2) is 6.26. The maximum atomic E-state index is 12.2. The van der Waals surface area contributed by atoms with E-state index in [1.165, 1.54) is 7.05 Å². The standard InChI is InChI=1S/C11H20N4O4S2/c1-11(2,14(4)5)7-13-21(18,19)9-6-8(15(16)17)10(12-3)20-9/h6,12-13H,7H2,1-5H3. The third-order valence-corrected chi connectivity index (χ3v) is 6.30. The first-order valence-electron chi connectivity index (χ1n) is 6.14. The molecule has 0 aliphatic heterocycles. The maximum Gasteiger partial charge on any atom is 0.304 e. The number of thiophene rings is 1. The van der Waals surface area contributed by atoms with Crippen LogP contribution in [0.5, 0.6) is 0 Å². The summed E-state index contributed by atoms with van der Waals surface area (Å²) in [6.07, 6.45) is 0. The van der Waals surface area contributed by atoms with Crippen molar-refractivity contribution in [3.05, 3.63) is 16.2 Å². The molecule has 0 spiro atoms. The van der Waals surface area contributed by atoms with Crippen molar-refractivity contribution in [3.63, 3.8) is 0 Å². The van der Waals surface area contributed by atoms with Gasteiger partial charge in [-0.2, -0.15) is 0 Å². The normalized spacial score (nSPS) is 12.7. The van der Waals surface area contributed by atoms with Crippen LogP contribution in [0.15, 0.2) is 10.3 Å². The molecule has 0 bridgehead atoms. The van der Waals surface area contributed by atoms with Crippen molar-refractivity contribution in [2.24, 2.45) is 0 Å². The van der Waals surface area contributed by atoms with Gasteiger partial charge in [0.1, 0.15) is 4.21 Å². The quantitative estimate of drug-likeness (QED) is 0.575. The zero-order valence-electron chi connectivity index (χ0n) is 12.6. The van der Waals surface area contributed by atoms with Gasteiger partial charge in [-0.25, -0.2) is 13.1 Å². The third-order valence-electron chi connectivity index (χ3n) is 3.28. The smallest absolute Gasteiger partial charge is 0.304 e. The molecule has 1 heterocycles. The Hall–Kier alpha value is -1.23. The highest BCUT2D eigenvalue weighted by Crippen LogP contribution is 2.36. The molecule has 0 fully saturated rings. The van der Waals surface area contributed by atoms with E-state index in [-0.39, 0.29) is 27.0 Å². The van der Waals surface area contributed by atoms with Gasteiger partial charge in [0.05, 0.1) is 4.92 Å². The molecule has 0 saturated carbocycles. The first-order chi connectivity index (χ1) is 9.51. The third kappa shape index (κ3) is 4.13. The zero-order valence-corrected chi connectivity index (χ0v) is 14.3. The Morgan fingerprint density at radius 1 is 1.43 bits per heavy atom. The van der Waals surface area contributed by atoms with Crippen molar-refractivity contribution in [3.8, 4) is 0 Å². The van der Waals surface area contributed by atoms with Crippen LogP contribution >= 0.6 is 11.3 Å². The van der Waals surface area contributed by atoms with Gasteiger partial charge < -0.3 is 10.2 Å². The van der Waals surface area contributed by atoms with Crippen molar-refractivity contribution in [1.82, 2.24) is 9.62 Å². The van der Waals surface area contributed by atoms with Crippen molar-refractivity contribution >= 4 is 32.0 Å². The average Bonchev–Trinajstić information content (AvgIpc) is 2.81. The lowest BCUT2D eigenvalue weighted by molar-refractivity contribution is -0.383. The van der Waals surface area contributed by atoms with E-state index in [2.05, 4.69) is 10.0 Å². The number of anilines is 1. The monoisotopic (exact) mass is 336 g/mol. The fourth-order valence-corrected chi connectivity index (χ4v) is 3.84. The summed E-state index contributed by atoms with van der Waals surface area (Å²) in [7, 11) is 1.44. The van der Waals surface area contributed by atoms with Crippen molar-refractivity contribution in [1.29, 1.82) is 0 Å². The fourth-order valence-electron chi connectivity index (χ4n) is 1.31. The molecular weight excluding hydrogens is 316 g/mol. The van der Waals surface area contributed by atoms with E-state index in [9.17, 15) is 18.5 Å². The van der Waals surface area contributed by atoms with E-state index in [1.54, 1.807) is 0 Å². The summed E-state index contributed by atoms with van der Waals surface area (Å²) in [6.45, 7) is 3.99. The van der Waals surface area contributed by atoms with Crippen molar-refractivity contribution in [2.75, 3.05) is 33.0 Å². The number of hydrogen-bond acceptors (Lipinski definition) is 7. The van der Waals surface area contributed by atoms with E-state index in [4.69, 9.17) is 0 Å². The number of hydrogen-bond donors (Lipinski definition) is 2. The van der Waals surface area contributed by atoms with E-state index >= 15 is 0 Å². The minimum Gasteiger partial charge on any atom is -0.374 e. The van der Waals surface area contributed by atoms with Crippen LogP contribution in [0.4, 0.5) is 10.7 Å². The van der Waals surface area contributed by atoms with Gasteiger partial charge in [0.25, 0.3) is 0 Å². The largest absolute Gasteiger partial charge is 0.374 e. The van der Waals surface area contributed by atoms with E-state index in [0.29, 0.717) is 0 Å². The van der Waals surface area contributed by atoms with Crippen LogP contribution in [-0.2, 0) is 10.0 Å². The molecular formula is C11H20N4O4S2. The molecule has 0 aromatic carbocycles. The van der Waals surface area contributed by atoms with Crippen LogP contribution in [0.3, 0.4) is 0 Å². The molecule has 1 aromatic heterocycles. The molecule has 21 heavy (non-hydrogen) atoms. The number of nitrogens with zero attached hydrogens (tertiary/aromatic N) is 2. The number of likely N-dealkylation sites (N-methyl/N-ethyl adjacent to an activating group) is 1. The van der Waals surface area contributed by atoms with Gasteiger partial charge in [-0.05, 0) is 27.9 Å². The van der Waals surface area contributed by atoms with Gasteiger partial charge in [-0.15, -0.1) is 0 Å². The first kappa shape index (κ1) is 17.8. The molecule has 1 rings (SSSR count). The molecule has 0 saturated heterocycles. The fraction of sp³-hybridized carbons (Fsp3) is 0.636. The van der Waals surface area contributed by atoms with Crippen LogP contribution in [-0.4, -0.2) is 51.5 Å². The molecule has 120 valence electrons. The van der Waals surface area contributed by atoms with Crippen LogP contribution in [0, 0.1) is 10.1 Å². The molecule has 0 unspecified atom stereocenters. The van der Waals surface area contributed by atoms with Crippen molar-refractivity contribution in [2.45, 2.75) is 23.6 Å². The van der Waals surface area contributed by atoms with Gasteiger partial charge >= 0.3 is 5.69 Å². The lowest BCUT2D eigenvalue weighted by atomic mass is 10.1. The molecule has 0 aliphatic rings. The highest BCUT2D eigenvalue weighted by atomic mass is 32.2. The summed E-state index contributed by atoms with van der Waals surface area (Å²) in [5.41, 5.74) is -0.614. The Kier molecular flexibility index (Phi) is 5.31. The van der Waals surface area contributed by atoms with Gasteiger partial charge in [0.15, 0.2) is 5.00 Å². The highest BCUT2D eigenvalue weighted by Gasteiger charge is 2.28. The number of rotatable bonds is 7. The molecule has 1 aromatic rings. The highest BCUT2D eigenvalue weighted by molar-refractivity contribution is 7.91. The van der Waals surface area contributed by atoms with Crippen LogP contribution < -0.4 is 10.0 Å². The van der Waals surface area contributed by atoms with E-state index < -0.39 is 14.9 Å². The molecule has 0 atom stereocenters. The van der Waals surface area contributed by atoms with Gasteiger partial charge in [0, 0.05) is 25.2 Å². The predicted octanol–water partition coefficient (Wildman–Crippen LogP) is 1.32. The summed E-state index contributed by atoms with van der Waals surface area (Å²) in [5.74, 6) is 0. The topological polar surface area (TPSA) is 105 Å². The molecule has 0 radical (unpaired) electrons.